The molecule has 2 N–H and O–H groups in total. The first-order valence-electron chi connectivity index (χ1n) is 12.2. The number of hydrogen-bond acceptors (Lipinski definition) is 4. The summed E-state index contributed by atoms with van der Waals surface area (Å²) in [7, 11) is 3.94. The SMILES string of the molecule is CCN(CC)C(=O)[C@H](c1cc(C(C)(C)C)c(O)c(C(C)(C)C)c1)[C@H](O)c1ccc(N(C)C)cc1. The van der Waals surface area contributed by atoms with Gasteiger partial charge in [0.1, 0.15) is 5.75 Å². The summed E-state index contributed by atoms with van der Waals surface area (Å²) in [6.07, 6.45) is -1.02. The fourth-order valence-electron chi connectivity index (χ4n) is 4.33. The molecular formula is C29H44N2O3. The van der Waals surface area contributed by atoms with Crippen molar-refractivity contribution in [1.29, 1.82) is 0 Å². The molecule has 188 valence electrons. The van der Waals surface area contributed by atoms with Crippen molar-refractivity contribution in [3.63, 3.8) is 0 Å². The van der Waals surface area contributed by atoms with Crippen molar-refractivity contribution in [2.24, 2.45) is 0 Å². The minimum Gasteiger partial charge on any atom is -0.507 e. The second-order valence-corrected chi connectivity index (χ2v) is 11.4. The number of aromatic hydroxyl groups is 1. The minimum absolute atomic E-state index is 0.111. The van der Waals surface area contributed by atoms with Crippen molar-refractivity contribution in [3.05, 3.63) is 58.7 Å². The van der Waals surface area contributed by atoms with E-state index in [1.165, 1.54) is 0 Å². The highest BCUT2D eigenvalue weighted by atomic mass is 16.3. The predicted octanol–water partition coefficient (Wildman–Crippen LogP) is 5.74. The number of hydrogen-bond donors (Lipinski definition) is 2. The number of benzene rings is 2. The van der Waals surface area contributed by atoms with Crippen molar-refractivity contribution in [2.75, 3.05) is 32.1 Å². The zero-order chi connectivity index (χ0) is 26.0. The molecule has 2 rings (SSSR count). The lowest BCUT2D eigenvalue weighted by Crippen LogP contribution is -2.37. The summed E-state index contributed by atoms with van der Waals surface area (Å²) in [6, 6.07) is 11.5. The zero-order valence-corrected chi connectivity index (χ0v) is 22.7. The van der Waals surface area contributed by atoms with Crippen molar-refractivity contribution in [2.45, 2.75) is 78.2 Å². The maximum atomic E-state index is 13.8. The Kier molecular flexibility index (Phi) is 8.47. The molecular weight excluding hydrogens is 424 g/mol. The van der Waals surface area contributed by atoms with Gasteiger partial charge in [-0.3, -0.25) is 4.79 Å². The van der Waals surface area contributed by atoms with Crippen molar-refractivity contribution >= 4 is 11.6 Å². The summed E-state index contributed by atoms with van der Waals surface area (Å²) < 4.78 is 0. The van der Waals surface area contributed by atoms with Crippen LogP contribution in [-0.4, -0.2) is 48.2 Å². The molecule has 5 heteroatoms. The summed E-state index contributed by atoms with van der Waals surface area (Å²) in [6.45, 7) is 17.3. The van der Waals surface area contributed by atoms with E-state index in [4.69, 9.17) is 0 Å². The number of aliphatic hydroxyl groups is 1. The van der Waals surface area contributed by atoms with Crippen LogP contribution in [0.25, 0.3) is 0 Å². The monoisotopic (exact) mass is 468 g/mol. The maximum absolute atomic E-state index is 13.8. The van der Waals surface area contributed by atoms with Crippen molar-refractivity contribution in [1.82, 2.24) is 4.90 Å². The molecule has 0 unspecified atom stereocenters. The van der Waals surface area contributed by atoms with Crippen LogP contribution in [0.15, 0.2) is 36.4 Å². The van der Waals surface area contributed by atoms with E-state index >= 15 is 0 Å². The van der Waals surface area contributed by atoms with Crippen LogP contribution in [-0.2, 0) is 15.6 Å². The fourth-order valence-corrected chi connectivity index (χ4v) is 4.33. The molecule has 0 fully saturated rings. The molecule has 2 aromatic carbocycles. The van der Waals surface area contributed by atoms with Gasteiger partial charge in [-0.05, 0) is 59.1 Å². The largest absolute Gasteiger partial charge is 0.507 e. The van der Waals surface area contributed by atoms with Crippen LogP contribution in [0.2, 0.25) is 0 Å². The highest BCUT2D eigenvalue weighted by Gasteiger charge is 2.36. The Labute approximate surface area is 206 Å². The van der Waals surface area contributed by atoms with E-state index in [-0.39, 0.29) is 22.5 Å². The molecule has 1 amide bonds. The number of carbonyl (C=O) groups is 1. The van der Waals surface area contributed by atoms with Gasteiger partial charge in [0.2, 0.25) is 5.91 Å². The van der Waals surface area contributed by atoms with Gasteiger partial charge < -0.3 is 20.0 Å². The Hall–Kier alpha value is -2.53. The standard InChI is InChI=1S/C29H44N2O3/c1-11-31(12-2)27(34)24(25(32)19-13-15-21(16-14-19)30(9)10)20-17-22(28(3,4)5)26(33)23(18-20)29(6,7)8/h13-18,24-25,32-33H,11-12H2,1-10H3/t24-,25-/m1/s1. The second kappa shape index (κ2) is 10.4. The lowest BCUT2D eigenvalue weighted by molar-refractivity contribution is -0.135. The number of nitrogens with zero attached hydrogens (tertiary/aromatic N) is 2. The third kappa shape index (κ3) is 5.93. The van der Waals surface area contributed by atoms with Crippen LogP contribution >= 0.6 is 0 Å². The summed E-state index contributed by atoms with van der Waals surface area (Å²) in [4.78, 5) is 17.6. The molecule has 5 nitrogen and oxygen atoms in total. The van der Waals surface area contributed by atoms with Gasteiger partial charge in [-0.2, -0.15) is 0 Å². The van der Waals surface area contributed by atoms with Gasteiger partial charge >= 0.3 is 0 Å². The molecule has 0 aliphatic rings. The Balaban J connectivity index is 2.78. The van der Waals surface area contributed by atoms with E-state index in [1.54, 1.807) is 4.90 Å². The fraction of sp³-hybridized carbons (Fsp3) is 0.552. The molecule has 2 aromatic rings. The van der Waals surface area contributed by atoms with E-state index in [0.29, 0.717) is 18.7 Å². The van der Waals surface area contributed by atoms with Gasteiger partial charge in [-0.15, -0.1) is 0 Å². The van der Waals surface area contributed by atoms with Crippen molar-refractivity contribution < 1.29 is 15.0 Å². The van der Waals surface area contributed by atoms with Gasteiger partial charge in [0.05, 0.1) is 12.0 Å². The van der Waals surface area contributed by atoms with E-state index in [0.717, 1.165) is 22.4 Å². The second-order valence-electron chi connectivity index (χ2n) is 11.4. The van der Waals surface area contributed by atoms with Crippen molar-refractivity contribution in [3.8, 4) is 5.75 Å². The number of phenolic OH excluding ortho intramolecular Hbond substituents is 1. The van der Waals surface area contributed by atoms with Gasteiger partial charge in [-0.1, -0.05) is 65.8 Å². The smallest absolute Gasteiger partial charge is 0.233 e. The molecule has 0 spiro atoms. The first-order chi connectivity index (χ1) is 15.6. The van der Waals surface area contributed by atoms with Gasteiger partial charge in [0.25, 0.3) is 0 Å². The molecule has 0 aliphatic carbocycles. The third-order valence-corrected chi connectivity index (χ3v) is 6.52. The van der Waals surface area contributed by atoms with Crippen LogP contribution in [0.3, 0.4) is 0 Å². The Morgan fingerprint density at radius 3 is 1.65 bits per heavy atom. The lowest BCUT2D eigenvalue weighted by Gasteiger charge is -2.33. The summed E-state index contributed by atoms with van der Waals surface area (Å²) >= 11 is 0. The quantitative estimate of drug-likeness (QED) is 0.544. The number of amides is 1. The number of aliphatic hydroxyl groups excluding tert-OH is 1. The predicted molar refractivity (Wildman–Crippen MR) is 142 cm³/mol. The average Bonchev–Trinajstić information content (AvgIpc) is 2.74. The molecule has 0 bridgehead atoms. The average molecular weight is 469 g/mol. The first kappa shape index (κ1) is 27.7. The molecule has 0 aromatic heterocycles. The summed E-state index contributed by atoms with van der Waals surface area (Å²) in [5.74, 6) is -0.630. The van der Waals surface area contributed by atoms with Crippen LogP contribution in [0.5, 0.6) is 5.75 Å². The molecule has 0 radical (unpaired) electrons. The minimum atomic E-state index is -1.02. The van der Waals surface area contributed by atoms with Gasteiger partial charge in [-0.25, -0.2) is 0 Å². The number of rotatable bonds is 7. The molecule has 34 heavy (non-hydrogen) atoms. The summed E-state index contributed by atoms with van der Waals surface area (Å²) in [5, 5.41) is 22.8. The van der Waals surface area contributed by atoms with E-state index in [9.17, 15) is 15.0 Å². The highest BCUT2D eigenvalue weighted by molar-refractivity contribution is 5.85. The molecule has 0 saturated carbocycles. The molecule has 0 aliphatic heterocycles. The van der Waals surface area contributed by atoms with E-state index < -0.39 is 12.0 Å². The number of phenols is 1. The van der Waals surface area contributed by atoms with Gasteiger partial charge in [0.15, 0.2) is 0 Å². The molecule has 2 atom stereocenters. The number of anilines is 1. The van der Waals surface area contributed by atoms with Crippen LogP contribution in [0.4, 0.5) is 5.69 Å². The maximum Gasteiger partial charge on any atom is 0.233 e. The first-order valence-corrected chi connectivity index (χ1v) is 12.2. The lowest BCUT2D eigenvalue weighted by atomic mass is 9.75. The van der Waals surface area contributed by atoms with Crippen LogP contribution in [0.1, 0.15) is 89.7 Å². The number of carbonyl (C=O) groups excluding carboxylic acids is 1. The van der Waals surface area contributed by atoms with E-state index in [1.807, 2.05) is 69.2 Å². The molecule has 0 saturated heterocycles. The van der Waals surface area contributed by atoms with Crippen LogP contribution < -0.4 is 4.90 Å². The Bertz CT molecular complexity index is 943. The topological polar surface area (TPSA) is 64.0 Å². The highest BCUT2D eigenvalue weighted by Crippen LogP contribution is 2.43. The summed E-state index contributed by atoms with van der Waals surface area (Å²) in [5.41, 5.74) is 3.34. The third-order valence-electron chi connectivity index (χ3n) is 6.52. The normalized spacial score (nSPS) is 14.0. The van der Waals surface area contributed by atoms with Crippen LogP contribution in [0, 0.1) is 0 Å². The zero-order valence-electron chi connectivity index (χ0n) is 22.7. The Morgan fingerprint density at radius 2 is 1.29 bits per heavy atom. The van der Waals surface area contributed by atoms with E-state index in [2.05, 4.69) is 41.5 Å². The molecule has 0 heterocycles. The number of likely N-dealkylation sites (N-methyl/N-ethyl adjacent to an activating group) is 1. The van der Waals surface area contributed by atoms with Gasteiger partial charge in [0, 0.05) is 32.9 Å². The Morgan fingerprint density at radius 1 is 0.853 bits per heavy atom.